The molecule has 2 bridgehead atoms. The summed E-state index contributed by atoms with van der Waals surface area (Å²) >= 11 is 0. The molecule has 3 saturated heterocycles. The maximum Gasteiger partial charge on any atom is 0.312 e. The van der Waals surface area contributed by atoms with E-state index >= 15 is 0 Å². The Hall–Kier alpha value is -1.67. The summed E-state index contributed by atoms with van der Waals surface area (Å²) in [5.74, 6) is -2.49. The minimum absolute atomic E-state index is 0.0306. The fourth-order valence-electron chi connectivity index (χ4n) is 4.75. The predicted molar refractivity (Wildman–Crippen MR) is 90.9 cm³/mol. The van der Waals surface area contributed by atoms with Crippen molar-refractivity contribution < 1.29 is 29.0 Å². The standard InChI is InChI=1S/C18H28N2O6/c1-5-25-16(24)11-10-6-7-18(26-10)12(11)15(23)20(8-9-21)13(18)14(22)19-17(2,3)4/h10-13,21H,5-9H2,1-4H3,(H,19,22)/t10-,11+,12-,13?,18?/m0/s1. The molecule has 3 rings (SSSR count). The molecule has 0 aliphatic carbocycles. The Morgan fingerprint density at radius 3 is 2.69 bits per heavy atom. The summed E-state index contributed by atoms with van der Waals surface area (Å²) in [6.07, 6.45) is 0.748. The zero-order chi connectivity index (χ0) is 19.3. The van der Waals surface area contributed by atoms with Crippen LogP contribution < -0.4 is 5.32 Å². The number of β-amino-alcohol motifs (C(OH)–C–C–N with tert-alkyl or cyclic N) is 1. The first-order chi connectivity index (χ1) is 12.2. The second-order valence-electron chi connectivity index (χ2n) is 8.30. The zero-order valence-electron chi connectivity index (χ0n) is 15.8. The number of nitrogens with zero attached hydrogens (tertiary/aromatic N) is 1. The van der Waals surface area contributed by atoms with Crippen LogP contribution in [0.5, 0.6) is 0 Å². The van der Waals surface area contributed by atoms with Crippen molar-refractivity contribution in [2.45, 2.75) is 63.8 Å². The van der Waals surface area contributed by atoms with E-state index in [0.29, 0.717) is 12.8 Å². The van der Waals surface area contributed by atoms with Crippen LogP contribution in [0.25, 0.3) is 0 Å². The van der Waals surface area contributed by atoms with Gasteiger partial charge in [-0.25, -0.2) is 0 Å². The van der Waals surface area contributed by atoms with Crippen LogP contribution in [0.1, 0.15) is 40.5 Å². The van der Waals surface area contributed by atoms with Gasteiger partial charge in [-0.05, 0) is 40.5 Å². The first-order valence-electron chi connectivity index (χ1n) is 9.24. The SMILES string of the molecule is CCOC(=O)[C@@H]1[C@@H]2CCC3(O2)C(C(=O)NC(C)(C)C)N(CCO)C(=O)[C@H]13. The van der Waals surface area contributed by atoms with Crippen molar-refractivity contribution in [1.82, 2.24) is 10.2 Å². The molecule has 146 valence electrons. The number of carbonyl (C=O) groups excluding carboxylic acids is 3. The Bertz CT molecular complexity index is 615. The number of amides is 2. The van der Waals surface area contributed by atoms with E-state index in [4.69, 9.17) is 9.47 Å². The fourth-order valence-corrected chi connectivity index (χ4v) is 4.75. The molecule has 3 fully saturated rings. The van der Waals surface area contributed by atoms with Crippen molar-refractivity contribution in [3.63, 3.8) is 0 Å². The molecule has 8 heteroatoms. The zero-order valence-corrected chi connectivity index (χ0v) is 15.8. The average Bonchev–Trinajstić information content (AvgIpc) is 3.14. The van der Waals surface area contributed by atoms with Gasteiger partial charge in [0.1, 0.15) is 11.6 Å². The van der Waals surface area contributed by atoms with Gasteiger partial charge in [-0.1, -0.05) is 0 Å². The van der Waals surface area contributed by atoms with Crippen LogP contribution in [-0.4, -0.2) is 70.8 Å². The van der Waals surface area contributed by atoms with Gasteiger partial charge in [-0.15, -0.1) is 0 Å². The summed E-state index contributed by atoms with van der Waals surface area (Å²) < 4.78 is 11.3. The fraction of sp³-hybridized carbons (Fsp3) is 0.833. The van der Waals surface area contributed by atoms with E-state index in [0.717, 1.165) is 0 Å². The lowest BCUT2D eigenvalue weighted by molar-refractivity contribution is -0.154. The van der Waals surface area contributed by atoms with Crippen LogP contribution in [-0.2, 0) is 23.9 Å². The number of ether oxygens (including phenoxy) is 2. The van der Waals surface area contributed by atoms with Crippen LogP contribution in [0.15, 0.2) is 0 Å². The van der Waals surface area contributed by atoms with Crippen LogP contribution >= 0.6 is 0 Å². The summed E-state index contributed by atoms with van der Waals surface area (Å²) in [5.41, 5.74) is -1.50. The van der Waals surface area contributed by atoms with Crippen LogP contribution in [0.2, 0.25) is 0 Å². The lowest BCUT2D eigenvalue weighted by Crippen LogP contribution is -2.58. The van der Waals surface area contributed by atoms with Gasteiger partial charge < -0.3 is 24.8 Å². The highest BCUT2D eigenvalue weighted by Crippen LogP contribution is 2.58. The third-order valence-corrected chi connectivity index (χ3v) is 5.45. The quantitative estimate of drug-likeness (QED) is 0.653. The van der Waals surface area contributed by atoms with Gasteiger partial charge in [0.25, 0.3) is 0 Å². The molecule has 0 aromatic rings. The molecule has 3 aliphatic rings. The second-order valence-corrected chi connectivity index (χ2v) is 8.30. The van der Waals surface area contributed by atoms with Gasteiger partial charge in [-0.2, -0.15) is 0 Å². The van der Waals surface area contributed by atoms with Gasteiger partial charge in [-0.3, -0.25) is 14.4 Å². The number of rotatable bonds is 5. The van der Waals surface area contributed by atoms with Gasteiger partial charge >= 0.3 is 5.97 Å². The highest BCUT2D eigenvalue weighted by molar-refractivity contribution is 5.98. The molecule has 0 saturated carbocycles. The first kappa shape index (κ1) is 19.1. The Balaban J connectivity index is 1.98. The third-order valence-electron chi connectivity index (χ3n) is 5.45. The summed E-state index contributed by atoms with van der Waals surface area (Å²) in [4.78, 5) is 40.0. The number of carbonyl (C=O) groups is 3. The first-order valence-corrected chi connectivity index (χ1v) is 9.24. The Labute approximate surface area is 153 Å². The monoisotopic (exact) mass is 368 g/mol. The Morgan fingerprint density at radius 1 is 1.42 bits per heavy atom. The average molecular weight is 368 g/mol. The minimum atomic E-state index is -1.02. The normalized spacial score (nSPS) is 35.6. The van der Waals surface area contributed by atoms with Gasteiger partial charge in [0.05, 0.1) is 31.2 Å². The van der Waals surface area contributed by atoms with Crippen molar-refractivity contribution in [2.24, 2.45) is 11.8 Å². The van der Waals surface area contributed by atoms with E-state index in [1.165, 1.54) is 4.90 Å². The van der Waals surface area contributed by atoms with E-state index in [1.807, 2.05) is 20.8 Å². The Morgan fingerprint density at radius 2 is 2.12 bits per heavy atom. The van der Waals surface area contributed by atoms with E-state index in [9.17, 15) is 19.5 Å². The lowest BCUT2D eigenvalue weighted by atomic mass is 9.70. The number of aliphatic hydroxyl groups excluding tert-OH is 1. The molecule has 26 heavy (non-hydrogen) atoms. The number of hydrogen-bond acceptors (Lipinski definition) is 6. The molecule has 3 aliphatic heterocycles. The number of esters is 1. The van der Waals surface area contributed by atoms with Gasteiger partial charge in [0.2, 0.25) is 11.8 Å². The van der Waals surface area contributed by atoms with E-state index in [1.54, 1.807) is 6.92 Å². The summed E-state index contributed by atoms with van der Waals surface area (Å²) in [6.45, 7) is 7.30. The molecule has 2 N–H and O–H groups in total. The van der Waals surface area contributed by atoms with Crippen molar-refractivity contribution in [2.75, 3.05) is 19.8 Å². The molecule has 3 heterocycles. The highest BCUT2D eigenvalue weighted by Gasteiger charge is 2.74. The largest absolute Gasteiger partial charge is 0.466 e. The molecule has 0 aromatic heterocycles. The number of hydrogen-bond donors (Lipinski definition) is 2. The maximum absolute atomic E-state index is 13.1. The molecule has 0 aromatic carbocycles. The molecule has 1 spiro atoms. The topological polar surface area (TPSA) is 105 Å². The maximum atomic E-state index is 13.1. The molecular weight excluding hydrogens is 340 g/mol. The number of nitrogens with one attached hydrogen (secondary N) is 1. The minimum Gasteiger partial charge on any atom is -0.466 e. The molecule has 5 atom stereocenters. The third kappa shape index (κ3) is 2.79. The molecule has 8 nitrogen and oxygen atoms in total. The van der Waals surface area contributed by atoms with E-state index in [-0.39, 0.29) is 31.6 Å². The van der Waals surface area contributed by atoms with E-state index < -0.39 is 41.1 Å². The van der Waals surface area contributed by atoms with Crippen LogP contribution in [0.3, 0.4) is 0 Å². The number of aliphatic hydroxyl groups is 1. The highest BCUT2D eigenvalue weighted by atomic mass is 16.6. The van der Waals surface area contributed by atoms with Crippen LogP contribution in [0.4, 0.5) is 0 Å². The number of likely N-dealkylation sites (tertiary alicyclic amines) is 1. The summed E-state index contributed by atoms with van der Waals surface area (Å²) in [6, 6.07) is -0.851. The van der Waals surface area contributed by atoms with Crippen molar-refractivity contribution >= 4 is 17.8 Å². The molecule has 2 amide bonds. The van der Waals surface area contributed by atoms with Gasteiger partial charge in [0.15, 0.2) is 0 Å². The number of fused-ring (bicyclic) bond motifs is 1. The Kier molecular flexibility index (Phi) is 4.77. The van der Waals surface area contributed by atoms with Crippen molar-refractivity contribution in [1.29, 1.82) is 0 Å². The van der Waals surface area contributed by atoms with E-state index in [2.05, 4.69) is 5.32 Å². The van der Waals surface area contributed by atoms with Crippen molar-refractivity contribution in [3.05, 3.63) is 0 Å². The summed E-state index contributed by atoms with van der Waals surface area (Å²) in [7, 11) is 0. The predicted octanol–water partition coefficient (Wildman–Crippen LogP) is -0.169. The molecular formula is C18H28N2O6. The molecule has 2 unspecified atom stereocenters. The summed E-state index contributed by atoms with van der Waals surface area (Å²) in [5, 5.41) is 12.3. The smallest absolute Gasteiger partial charge is 0.312 e. The molecule has 0 radical (unpaired) electrons. The second kappa shape index (κ2) is 6.49. The lowest BCUT2D eigenvalue weighted by Gasteiger charge is -2.35. The van der Waals surface area contributed by atoms with Crippen LogP contribution in [0, 0.1) is 11.8 Å². The van der Waals surface area contributed by atoms with Gasteiger partial charge in [0, 0.05) is 12.1 Å². The van der Waals surface area contributed by atoms with Crippen molar-refractivity contribution in [3.8, 4) is 0 Å².